The fourth-order valence-electron chi connectivity index (χ4n) is 3.44. The highest BCUT2D eigenvalue weighted by atomic mass is 19.4. The molecule has 1 aliphatic rings. The first kappa shape index (κ1) is 18.9. The van der Waals surface area contributed by atoms with E-state index in [1.807, 2.05) is 24.3 Å². The minimum absolute atomic E-state index is 0.219. The van der Waals surface area contributed by atoms with Crippen LogP contribution in [0.25, 0.3) is 5.95 Å². The van der Waals surface area contributed by atoms with Crippen LogP contribution >= 0.6 is 0 Å². The van der Waals surface area contributed by atoms with Crippen molar-refractivity contribution in [1.29, 1.82) is 0 Å². The number of H-pyrrole nitrogens is 1. The lowest BCUT2D eigenvalue weighted by Gasteiger charge is -2.29. The first-order valence-electron chi connectivity index (χ1n) is 8.83. The summed E-state index contributed by atoms with van der Waals surface area (Å²) in [4.78, 5) is 32.1. The maximum Gasteiger partial charge on any atom is 0.434 e. The number of aryl methyl sites for hydroxylation is 1. The highest BCUT2D eigenvalue weighted by Crippen LogP contribution is 2.34. The molecule has 1 N–H and O–H groups in total. The number of alkyl halides is 3. The molecule has 7 nitrogen and oxygen atoms in total. The number of hydrogen-bond donors (Lipinski definition) is 1. The van der Waals surface area contributed by atoms with Crippen LogP contribution in [0.2, 0.25) is 0 Å². The number of fused-ring (bicyclic) bond motifs is 1. The van der Waals surface area contributed by atoms with Gasteiger partial charge in [-0.2, -0.15) is 23.0 Å². The van der Waals surface area contributed by atoms with E-state index in [2.05, 4.69) is 15.1 Å². The fraction of sp³-hybridized carbons (Fsp3) is 0.263. The Labute approximate surface area is 162 Å². The number of nitrogens with one attached hydrogen (secondary N) is 1. The van der Waals surface area contributed by atoms with Gasteiger partial charge >= 0.3 is 6.18 Å². The molecule has 0 aliphatic carbocycles. The smallest absolute Gasteiger partial charge is 0.334 e. The summed E-state index contributed by atoms with van der Waals surface area (Å²) in [7, 11) is 0. The van der Waals surface area contributed by atoms with Crippen LogP contribution in [0, 0.1) is 6.92 Å². The van der Waals surface area contributed by atoms with E-state index in [-0.39, 0.29) is 12.2 Å². The molecule has 0 atom stereocenters. The Balaban J connectivity index is 1.76. The van der Waals surface area contributed by atoms with Gasteiger partial charge in [0.2, 0.25) is 5.95 Å². The number of rotatable bonds is 2. The fourth-order valence-corrected chi connectivity index (χ4v) is 3.44. The molecule has 3 heterocycles. The van der Waals surface area contributed by atoms with Crippen molar-refractivity contribution in [3.8, 4) is 5.95 Å². The Morgan fingerprint density at radius 2 is 1.93 bits per heavy atom. The van der Waals surface area contributed by atoms with Crippen LogP contribution in [-0.4, -0.2) is 37.1 Å². The van der Waals surface area contributed by atoms with Gasteiger partial charge in [0, 0.05) is 24.8 Å². The number of hydrogen-bond acceptors (Lipinski definition) is 4. The Morgan fingerprint density at radius 1 is 1.21 bits per heavy atom. The van der Waals surface area contributed by atoms with Gasteiger partial charge in [-0.05, 0) is 24.5 Å². The van der Waals surface area contributed by atoms with Gasteiger partial charge < -0.3 is 4.90 Å². The Morgan fingerprint density at radius 3 is 2.62 bits per heavy atom. The molecule has 0 fully saturated rings. The van der Waals surface area contributed by atoms with Gasteiger partial charge in [0.1, 0.15) is 0 Å². The van der Waals surface area contributed by atoms with Crippen molar-refractivity contribution < 1.29 is 18.0 Å². The lowest BCUT2D eigenvalue weighted by Crippen LogP contribution is -2.37. The third-order valence-electron chi connectivity index (χ3n) is 4.74. The van der Waals surface area contributed by atoms with E-state index in [1.165, 1.54) is 11.8 Å². The lowest BCUT2D eigenvalue weighted by atomic mass is 9.99. The SMILES string of the molecule is Cc1cc(=O)[nH]c(-n2ncc(C(=O)N3CCc4ccccc4C3)c2C(F)(F)F)n1. The number of carbonyl (C=O) groups excluding carboxylic acids is 1. The molecule has 3 aromatic rings. The van der Waals surface area contributed by atoms with Crippen molar-refractivity contribution in [2.75, 3.05) is 6.54 Å². The zero-order valence-corrected chi connectivity index (χ0v) is 15.3. The van der Waals surface area contributed by atoms with Crippen molar-refractivity contribution in [3.05, 3.63) is 75.0 Å². The summed E-state index contributed by atoms with van der Waals surface area (Å²) in [5, 5.41) is 3.71. The number of benzene rings is 1. The molecule has 0 unspecified atom stereocenters. The summed E-state index contributed by atoms with van der Waals surface area (Å²) in [6.45, 7) is 2.00. The number of aromatic nitrogens is 4. The normalized spacial score (nSPS) is 14.0. The molecule has 0 radical (unpaired) electrons. The van der Waals surface area contributed by atoms with Crippen molar-refractivity contribution in [2.24, 2.45) is 0 Å². The summed E-state index contributed by atoms with van der Waals surface area (Å²) in [5.41, 5.74) is -0.261. The van der Waals surface area contributed by atoms with E-state index in [0.29, 0.717) is 17.6 Å². The minimum Gasteiger partial charge on any atom is -0.334 e. The third-order valence-corrected chi connectivity index (χ3v) is 4.74. The lowest BCUT2D eigenvalue weighted by molar-refractivity contribution is -0.143. The third kappa shape index (κ3) is 3.53. The summed E-state index contributed by atoms with van der Waals surface area (Å²) in [5.74, 6) is -1.17. The second-order valence-corrected chi connectivity index (χ2v) is 6.77. The van der Waals surface area contributed by atoms with Crippen LogP contribution in [0.4, 0.5) is 13.2 Å². The molecule has 1 amide bonds. The van der Waals surface area contributed by atoms with E-state index < -0.39 is 34.8 Å². The van der Waals surface area contributed by atoms with Crippen molar-refractivity contribution >= 4 is 5.91 Å². The van der Waals surface area contributed by atoms with Crippen LogP contribution in [-0.2, 0) is 19.1 Å². The maximum atomic E-state index is 13.8. The molecule has 0 bridgehead atoms. The predicted molar refractivity (Wildman–Crippen MR) is 96.6 cm³/mol. The van der Waals surface area contributed by atoms with E-state index in [9.17, 15) is 22.8 Å². The number of halogens is 3. The largest absolute Gasteiger partial charge is 0.434 e. The van der Waals surface area contributed by atoms with E-state index in [1.54, 1.807) is 0 Å². The quantitative estimate of drug-likeness (QED) is 0.713. The number of nitrogens with zero attached hydrogens (tertiary/aromatic N) is 4. The highest BCUT2D eigenvalue weighted by molar-refractivity contribution is 5.95. The molecule has 4 rings (SSSR count). The molecule has 10 heteroatoms. The van der Waals surface area contributed by atoms with Crippen LogP contribution < -0.4 is 5.56 Å². The van der Waals surface area contributed by atoms with Gasteiger partial charge in [-0.25, -0.2) is 4.98 Å². The summed E-state index contributed by atoms with van der Waals surface area (Å²) in [6.07, 6.45) is -3.45. The molecular weight excluding hydrogens is 387 g/mol. The Kier molecular flexibility index (Phi) is 4.48. The van der Waals surface area contributed by atoms with E-state index >= 15 is 0 Å². The molecule has 0 saturated heterocycles. The first-order valence-corrected chi connectivity index (χ1v) is 8.83. The number of amides is 1. The second-order valence-electron chi connectivity index (χ2n) is 6.77. The predicted octanol–water partition coefficient (Wildman–Crippen LogP) is 2.48. The molecule has 0 saturated carbocycles. The summed E-state index contributed by atoms with van der Waals surface area (Å²) in [6, 6.07) is 8.65. The van der Waals surface area contributed by atoms with Gasteiger partial charge in [-0.1, -0.05) is 24.3 Å². The molecule has 1 aromatic carbocycles. The summed E-state index contributed by atoms with van der Waals surface area (Å²) < 4.78 is 42.0. The van der Waals surface area contributed by atoms with Crippen LogP contribution in [0.5, 0.6) is 0 Å². The Bertz CT molecular complexity index is 1150. The van der Waals surface area contributed by atoms with Gasteiger partial charge in [0.05, 0.1) is 11.8 Å². The second kappa shape index (κ2) is 6.87. The number of carbonyl (C=O) groups is 1. The molecule has 150 valence electrons. The van der Waals surface area contributed by atoms with Crippen LogP contribution in [0.15, 0.2) is 41.3 Å². The topological polar surface area (TPSA) is 83.9 Å². The summed E-state index contributed by atoms with van der Waals surface area (Å²) >= 11 is 0. The molecule has 1 aliphatic heterocycles. The van der Waals surface area contributed by atoms with Gasteiger partial charge in [0.15, 0.2) is 5.69 Å². The van der Waals surface area contributed by atoms with Crippen molar-refractivity contribution in [3.63, 3.8) is 0 Å². The number of aromatic amines is 1. The average Bonchev–Trinajstić information content (AvgIpc) is 3.12. The minimum atomic E-state index is -4.88. The van der Waals surface area contributed by atoms with E-state index in [4.69, 9.17) is 0 Å². The zero-order valence-electron chi connectivity index (χ0n) is 15.3. The average molecular weight is 403 g/mol. The van der Waals surface area contributed by atoms with Gasteiger partial charge in [-0.3, -0.25) is 14.6 Å². The van der Waals surface area contributed by atoms with Gasteiger partial charge in [0.25, 0.3) is 11.5 Å². The first-order chi connectivity index (χ1) is 13.7. The Hall–Kier alpha value is -3.43. The van der Waals surface area contributed by atoms with Gasteiger partial charge in [-0.15, -0.1) is 0 Å². The standard InChI is InChI=1S/C19H16F3N5O2/c1-11-8-15(28)25-18(24-11)27-16(19(20,21)22)14(9-23-27)17(29)26-7-6-12-4-2-3-5-13(12)10-26/h2-5,8-9H,6-7,10H2,1H3,(H,24,25,28). The van der Waals surface area contributed by atoms with Crippen molar-refractivity contribution in [1.82, 2.24) is 24.6 Å². The van der Waals surface area contributed by atoms with Crippen molar-refractivity contribution in [2.45, 2.75) is 26.1 Å². The molecule has 0 spiro atoms. The van der Waals surface area contributed by atoms with Crippen LogP contribution in [0.1, 0.15) is 32.9 Å². The van der Waals surface area contributed by atoms with Crippen LogP contribution in [0.3, 0.4) is 0 Å². The maximum absolute atomic E-state index is 13.8. The molecule has 29 heavy (non-hydrogen) atoms. The molecule has 2 aromatic heterocycles. The molecular formula is C19H16F3N5O2. The highest BCUT2D eigenvalue weighted by Gasteiger charge is 2.42. The zero-order chi connectivity index (χ0) is 20.8. The van der Waals surface area contributed by atoms with E-state index in [0.717, 1.165) is 23.4 Å². The monoisotopic (exact) mass is 403 g/mol.